The van der Waals surface area contributed by atoms with Gasteiger partial charge in [0.2, 0.25) is 5.89 Å². The average molecular weight is 335 g/mol. The fourth-order valence-corrected chi connectivity index (χ4v) is 3.92. The van der Waals surface area contributed by atoms with Crippen LogP contribution in [0.3, 0.4) is 0 Å². The maximum Gasteiger partial charge on any atom is 0.229 e. The summed E-state index contributed by atoms with van der Waals surface area (Å²) >= 11 is 1.86. The molecule has 6 heteroatoms. The molecule has 2 aromatic rings. The van der Waals surface area contributed by atoms with Gasteiger partial charge in [0.05, 0.1) is 12.6 Å². The van der Waals surface area contributed by atoms with Gasteiger partial charge in [0, 0.05) is 28.8 Å². The molecular formula is C17H25N3O2S. The first-order chi connectivity index (χ1) is 11.1. The Morgan fingerprint density at radius 3 is 2.87 bits per heavy atom. The molecule has 0 spiro atoms. The molecule has 1 aliphatic rings. The van der Waals surface area contributed by atoms with E-state index in [1.165, 1.54) is 22.6 Å². The minimum atomic E-state index is 0.275. The topological polar surface area (TPSA) is 51.4 Å². The van der Waals surface area contributed by atoms with Gasteiger partial charge in [0.1, 0.15) is 0 Å². The van der Waals surface area contributed by atoms with Crippen molar-refractivity contribution in [1.29, 1.82) is 0 Å². The van der Waals surface area contributed by atoms with Crippen molar-refractivity contribution in [2.24, 2.45) is 0 Å². The van der Waals surface area contributed by atoms with Crippen LogP contribution in [0.1, 0.15) is 66.6 Å². The molecule has 2 aromatic heterocycles. The lowest BCUT2D eigenvalue weighted by Gasteiger charge is -2.21. The summed E-state index contributed by atoms with van der Waals surface area (Å²) in [5, 5.41) is 4.05. The number of hydrogen-bond acceptors (Lipinski definition) is 6. The fourth-order valence-electron chi connectivity index (χ4n) is 2.75. The maximum absolute atomic E-state index is 5.87. The lowest BCUT2D eigenvalue weighted by Crippen LogP contribution is -2.17. The minimum Gasteiger partial charge on any atom is -0.373 e. The Hall–Kier alpha value is -1.24. The Morgan fingerprint density at radius 1 is 1.30 bits per heavy atom. The lowest BCUT2D eigenvalue weighted by atomic mass is 10.1. The van der Waals surface area contributed by atoms with Crippen LogP contribution in [0, 0.1) is 0 Å². The molecule has 0 unspecified atom stereocenters. The van der Waals surface area contributed by atoms with Crippen LogP contribution in [-0.2, 0) is 17.8 Å². The van der Waals surface area contributed by atoms with Crippen molar-refractivity contribution in [3.63, 3.8) is 0 Å². The number of aromatic nitrogens is 2. The van der Waals surface area contributed by atoms with Crippen LogP contribution in [0.25, 0.3) is 0 Å². The SMILES string of the molecule is CC(C)c1nc(CN(C)Cc2ccc([C@H]3CCCCO3)s2)no1. The summed E-state index contributed by atoms with van der Waals surface area (Å²) in [5.74, 6) is 1.74. The zero-order chi connectivity index (χ0) is 16.2. The van der Waals surface area contributed by atoms with E-state index in [-0.39, 0.29) is 5.92 Å². The molecule has 0 aliphatic carbocycles. The Labute approximate surface area is 141 Å². The predicted molar refractivity (Wildman–Crippen MR) is 90.4 cm³/mol. The van der Waals surface area contributed by atoms with Crippen LogP contribution in [0.5, 0.6) is 0 Å². The van der Waals surface area contributed by atoms with Gasteiger partial charge in [-0.15, -0.1) is 11.3 Å². The van der Waals surface area contributed by atoms with Crippen molar-refractivity contribution in [1.82, 2.24) is 15.0 Å². The molecule has 0 radical (unpaired) electrons. The van der Waals surface area contributed by atoms with E-state index in [0.717, 1.165) is 25.4 Å². The quantitative estimate of drug-likeness (QED) is 0.794. The van der Waals surface area contributed by atoms with E-state index < -0.39 is 0 Å². The van der Waals surface area contributed by atoms with E-state index in [1.807, 2.05) is 11.3 Å². The highest BCUT2D eigenvalue weighted by molar-refractivity contribution is 7.12. The van der Waals surface area contributed by atoms with E-state index in [0.29, 0.717) is 18.5 Å². The smallest absolute Gasteiger partial charge is 0.229 e. The van der Waals surface area contributed by atoms with Crippen molar-refractivity contribution in [3.8, 4) is 0 Å². The van der Waals surface area contributed by atoms with Crippen LogP contribution in [0.2, 0.25) is 0 Å². The first-order valence-corrected chi connectivity index (χ1v) is 9.14. The summed E-state index contributed by atoms with van der Waals surface area (Å²) < 4.78 is 11.1. The Morgan fingerprint density at radius 2 is 2.17 bits per heavy atom. The van der Waals surface area contributed by atoms with Crippen LogP contribution >= 0.6 is 11.3 Å². The van der Waals surface area contributed by atoms with Crippen molar-refractivity contribution < 1.29 is 9.26 Å². The second kappa shape index (κ2) is 7.55. The van der Waals surface area contributed by atoms with Gasteiger partial charge in [0.15, 0.2) is 5.82 Å². The highest BCUT2D eigenvalue weighted by Gasteiger charge is 2.18. The number of hydrogen-bond donors (Lipinski definition) is 0. The van der Waals surface area contributed by atoms with Gasteiger partial charge in [-0.1, -0.05) is 19.0 Å². The molecule has 5 nitrogen and oxygen atoms in total. The van der Waals surface area contributed by atoms with Gasteiger partial charge >= 0.3 is 0 Å². The van der Waals surface area contributed by atoms with Crippen LogP contribution in [-0.4, -0.2) is 28.7 Å². The lowest BCUT2D eigenvalue weighted by molar-refractivity contribution is 0.0172. The molecule has 1 saturated heterocycles. The molecule has 126 valence electrons. The second-order valence-electron chi connectivity index (χ2n) is 6.54. The largest absolute Gasteiger partial charge is 0.373 e. The Bertz CT molecular complexity index is 617. The van der Waals surface area contributed by atoms with E-state index >= 15 is 0 Å². The van der Waals surface area contributed by atoms with E-state index in [9.17, 15) is 0 Å². The van der Waals surface area contributed by atoms with Gasteiger partial charge in [-0.05, 0) is 38.4 Å². The van der Waals surface area contributed by atoms with Gasteiger partial charge in [-0.25, -0.2) is 0 Å². The number of thiophene rings is 1. The second-order valence-corrected chi connectivity index (χ2v) is 7.74. The van der Waals surface area contributed by atoms with Gasteiger partial charge in [-0.2, -0.15) is 4.98 Å². The summed E-state index contributed by atoms with van der Waals surface area (Å²) in [7, 11) is 2.09. The maximum atomic E-state index is 5.87. The Kier molecular flexibility index (Phi) is 5.46. The summed E-state index contributed by atoms with van der Waals surface area (Å²) in [5.41, 5.74) is 0. The molecule has 3 heterocycles. The highest BCUT2D eigenvalue weighted by Crippen LogP contribution is 2.33. The standard InChI is InChI=1S/C17H25N3O2S/c1-12(2)17-18-16(19-22-17)11-20(3)10-13-7-8-15(23-13)14-6-4-5-9-21-14/h7-8,12,14H,4-6,9-11H2,1-3H3/t14-/m1/s1. The summed E-state index contributed by atoms with van der Waals surface area (Å²) in [6, 6.07) is 4.43. The van der Waals surface area contributed by atoms with Crippen LogP contribution < -0.4 is 0 Å². The Balaban J connectivity index is 1.54. The third-order valence-electron chi connectivity index (χ3n) is 3.99. The molecule has 0 bridgehead atoms. The fraction of sp³-hybridized carbons (Fsp3) is 0.647. The van der Waals surface area contributed by atoms with Crippen LogP contribution in [0.4, 0.5) is 0 Å². The summed E-state index contributed by atoms with van der Waals surface area (Å²) in [4.78, 5) is 9.36. The van der Waals surface area contributed by atoms with E-state index in [2.05, 4.69) is 48.1 Å². The normalized spacial score (nSPS) is 18.9. The van der Waals surface area contributed by atoms with Crippen molar-refractivity contribution >= 4 is 11.3 Å². The molecule has 0 aromatic carbocycles. The molecule has 1 atom stereocenters. The van der Waals surface area contributed by atoms with Crippen molar-refractivity contribution in [3.05, 3.63) is 33.6 Å². The third-order valence-corrected chi connectivity index (χ3v) is 5.16. The molecule has 3 rings (SSSR count). The molecule has 0 saturated carbocycles. The minimum absolute atomic E-state index is 0.275. The zero-order valence-corrected chi connectivity index (χ0v) is 14.9. The number of nitrogens with zero attached hydrogens (tertiary/aromatic N) is 3. The average Bonchev–Trinajstić information content (AvgIpc) is 3.18. The molecule has 1 aliphatic heterocycles. The summed E-state index contributed by atoms with van der Waals surface area (Å²) in [6.07, 6.45) is 3.92. The first kappa shape index (κ1) is 16.6. The number of rotatable bonds is 6. The van der Waals surface area contributed by atoms with Crippen molar-refractivity contribution in [2.75, 3.05) is 13.7 Å². The van der Waals surface area contributed by atoms with Crippen molar-refractivity contribution in [2.45, 2.75) is 58.2 Å². The van der Waals surface area contributed by atoms with Gasteiger partial charge in [0.25, 0.3) is 0 Å². The zero-order valence-electron chi connectivity index (χ0n) is 14.1. The molecule has 0 amide bonds. The predicted octanol–water partition coefficient (Wildman–Crippen LogP) is 4.13. The van der Waals surface area contributed by atoms with E-state index in [4.69, 9.17) is 9.26 Å². The third kappa shape index (κ3) is 4.40. The summed E-state index contributed by atoms with van der Waals surface area (Å²) in [6.45, 7) is 6.60. The monoisotopic (exact) mass is 335 g/mol. The highest BCUT2D eigenvalue weighted by atomic mass is 32.1. The van der Waals surface area contributed by atoms with Gasteiger partial charge in [-0.3, -0.25) is 4.90 Å². The molecular weight excluding hydrogens is 310 g/mol. The molecule has 23 heavy (non-hydrogen) atoms. The molecule has 1 fully saturated rings. The van der Waals surface area contributed by atoms with Crippen LogP contribution in [0.15, 0.2) is 16.7 Å². The number of ether oxygens (including phenoxy) is 1. The van der Waals surface area contributed by atoms with E-state index in [1.54, 1.807) is 0 Å². The van der Waals surface area contributed by atoms with Gasteiger partial charge < -0.3 is 9.26 Å². The first-order valence-electron chi connectivity index (χ1n) is 8.33. The molecule has 0 N–H and O–H groups in total.